The summed E-state index contributed by atoms with van der Waals surface area (Å²) in [5.41, 5.74) is 6.18. The molecule has 4 N–H and O–H groups in total. The number of rotatable bonds is 8. The zero-order valence-electron chi connectivity index (χ0n) is 15.2. The summed E-state index contributed by atoms with van der Waals surface area (Å²) in [5.74, 6) is -2.89. The lowest BCUT2D eigenvalue weighted by molar-refractivity contribution is -0.130. The molecule has 2 aromatic carbocycles. The van der Waals surface area contributed by atoms with Crippen molar-refractivity contribution in [1.82, 2.24) is 10.6 Å². The lowest BCUT2D eigenvalue weighted by Crippen LogP contribution is -2.54. The lowest BCUT2D eigenvalue weighted by Gasteiger charge is -2.22. The molecule has 0 aliphatic heterocycles. The number of benzene rings is 2. The third kappa shape index (κ3) is 6.15. The standard InChI is InChI=1S/C20H21F2N3O3/c1-12(26)24-18(10-13-6-8-15(21)9-7-13)20(28)25-17(19(23)27)11-14-4-2-3-5-16(14)22/h2-9,17-18H,10-11H2,1H3,(H2,23,27)(H,24,26)(H,25,28)/t17-,18-/m0/s1. The third-order valence-electron chi connectivity index (χ3n) is 4.09. The summed E-state index contributed by atoms with van der Waals surface area (Å²) in [6, 6.07) is 9.12. The van der Waals surface area contributed by atoms with Gasteiger partial charge in [0, 0.05) is 19.8 Å². The predicted octanol–water partition coefficient (Wildman–Crippen LogP) is 1.22. The number of nitrogens with one attached hydrogen (secondary N) is 2. The Balaban J connectivity index is 2.14. The van der Waals surface area contributed by atoms with E-state index in [1.54, 1.807) is 6.07 Å². The Morgan fingerprint density at radius 2 is 1.57 bits per heavy atom. The van der Waals surface area contributed by atoms with Crippen LogP contribution in [0.1, 0.15) is 18.1 Å². The van der Waals surface area contributed by atoms with Crippen molar-refractivity contribution in [2.24, 2.45) is 5.73 Å². The molecule has 0 aliphatic carbocycles. The minimum atomic E-state index is -1.16. The van der Waals surface area contributed by atoms with E-state index in [0.717, 1.165) is 0 Å². The molecule has 2 atom stereocenters. The van der Waals surface area contributed by atoms with Crippen molar-refractivity contribution in [1.29, 1.82) is 0 Å². The van der Waals surface area contributed by atoms with Crippen LogP contribution in [0.4, 0.5) is 8.78 Å². The Hall–Kier alpha value is -3.29. The summed E-state index contributed by atoms with van der Waals surface area (Å²) < 4.78 is 26.9. The molecule has 0 radical (unpaired) electrons. The van der Waals surface area contributed by atoms with E-state index in [2.05, 4.69) is 10.6 Å². The highest BCUT2D eigenvalue weighted by molar-refractivity contribution is 5.91. The Morgan fingerprint density at radius 1 is 0.929 bits per heavy atom. The Kier molecular flexibility index (Phi) is 7.20. The molecule has 0 aromatic heterocycles. The Morgan fingerprint density at radius 3 is 2.14 bits per heavy atom. The van der Waals surface area contributed by atoms with Crippen LogP contribution in [0.25, 0.3) is 0 Å². The van der Waals surface area contributed by atoms with Crippen LogP contribution in [0.3, 0.4) is 0 Å². The van der Waals surface area contributed by atoms with Crippen LogP contribution >= 0.6 is 0 Å². The quantitative estimate of drug-likeness (QED) is 0.633. The number of carbonyl (C=O) groups is 3. The van der Waals surface area contributed by atoms with E-state index in [1.807, 2.05) is 0 Å². The van der Waals surface area contributed by atoms with Crippen LogP contribution in [0, 0.1) is 11.6 Å². The highest BCUT2D eigenvalue weighted by atomic mass is 19.1. The van der Waals surface area contributed by atoms with E-state index in [-0.39, 0.29) is 18.4 Å². The van der Waals surface area contributed by atoms with Gasteiger partial charge in [0.15, 0.2) is 0 Å². The summed E-state index contributed by atoms with van der Waals surface area (Å²) in [7, 11) is 0. The zero-order valence-corrected chi connectivity index (χ0v) is 15.2. The van der Waals surface area contributed by atoms with Crippen LogP contribution in [0.15, 0.2) is 48.5 Å². The van der Waals surface area contributed by atoms with E-state index in [0.29, 0.717) is 5.56 Å². The van der Waals surface area contributed by atoms with Crippen molar-refractivity contribution < 1.29 is 23.2 Å². The second kappa shape index (κ2) is 9.59. The topological polar surface area (TPSA) is 101 Å². The predicted molar refractivity (Wildman–Crippen MR) is 98.9 cm³/mol. The summed E-state index contributed by atoms with van der Waals surface area (Å²) in [6.45, 7) is 1.25. The molecule has 2 rings (SSSR count). The number of nitrogens with two attached hydrogens (primary N) is 1. The van der Waals surface area contributed by atoms with Gasteiger partial charge in [0.25, 0.3) is 0 Å². The summed E-state index contributed by atoms with van der Waals surface area (Å²) in [5, 5.41) is 4.95. The molecule has 0 bridgehead atoms. The third-order valence-corrected chi connectivity index (χ3v) is 4.09. The minimum absolute atomic E-state index is 0.0802. The average molecular weight is 389 g/mol. The molecular weight excluding hydrogens is 368 g/mol. The van der Waals surface area contributed by atoms with E-state index < -0.39 is 41.4 Å². The highest BCUT2D eigenvalue weighted by Gasteiger charge is 2.26. The van der Waals surface area contributed by atoms with Gasteiger partial charge >= 0.3 is 0 Å². The van der Waals surface area contributed by atoms with Gasteiger partial charge < -0.3 is 16.4 Å². The summed E-state index contributed by atoms with van der Waals surface area (Å²) in [4.78, 5) is 35.9. The van der Waals surface area contributed by atoms with Gasteiger partial charge in [-0.2, -0.15) is 0 Å². The average Bonchev–Trinajstić information content (AvgIpc) is 2.63. The fraction of sp³-hybridized carbons (Fsp3) is 0.250. The van der Waals surface area contributed by atoms with Gasteiger partial charge in [0.1, 0.15) is 23.7 Å². The normalized spacial score (nSPS) is 12.7. The van der Waals surface area contributed by atoms with Crippen molar-refractivity contribution >= 4 is 17.7 Å². The van der Waals surface area contributed by atoms with Crippen LogP contribution < -0.4 is 16.4 Å². The second-order valence-corrected chi connectivity index (χ2v) is 6.34. The molecule has 6 nitrogen and oxygen atoms in total. The number of primary amides is 1. The molecule has 0 unspecified atom stereocenters. The maximum Gasteiger partial charge on any atom is 0.243 e. The monoisotopic (exact) mass is 389 g/mol. The number of hydrogen-bond acceptors (Lipinski definition) is 3. The SMILES string of the molecule is CC(=O)N[C@@H](Cc1ccc(F)cc1)C(=O)N[C@@H](Cc1ccccc1F)C(N)=O. The number of halogens is 2. The molecule has 2 aromatic rings. The van der Waals surface area contributed by atoms with E-state index >= 15 is 0 Å². The zero-order chi connectivity index (χ0) is 20.7. The minimum Gasteiger partial charge on any atom is -0.368 e. The lowest BCUT2D eigenvalue weighted by atomic mass is 10.0. The van der Waals surface area contributed by atoms with E-state index in [9.17, 15) is 23.2 Å². The molecule has 3 amide bonds. The van der Waals surface area contributed by atoms with Crippen LogP contribution in [-0.2, 0) is 27.2 Å². The van der Waals surface area contributed by atoms with Gasteiger partial charge in [-0.3, -0.25) is 14.4 Å². The molecule has 0 fully saturated rings. The van der Waals surface area contributed by atoms with E-state index in [4.69, 9.17) is 5.73 Å². The van der Waals surface area contributed by atoms with Crippen molar-refractivity contribution in [3.8, 4) is 0 Å². The molecule has 0 saturated heterocycles. The molecule has 28 heavy (non-hydrogen) atoms. The first-order valence-electron chi connectivity index (χ1n) is 8.61. The molecule has 8 heteroatoms. The van der Waals surface area contributed by atoms with Gasteiger partial charge in [0.2, 0.25) is 17.7 Å². The van der Waals surface area contributed by atoms with Gasteiger partial charge in [0.05, 0.1) is 0 Å². The van der Waals surface area contributed by atoms with Crippen molar-refractivity contribution in [2.45, 2.75) is 31.8 Å². The van der Waals surface area contributed by atoms with Gasteiger partial charge in [-0.1, -0.05) is 30.3 Å². The maximum atomic E-state index is 13.8. The van der Waals surface area contributed by atoms with Crippen molar-refractivity contribution in [3.05, 3.63) is 71.3 Å². The molecule has 0 aliphatic rings. The molecule has 0 saturated carbocycles. The highest BCUT2D eigenvalue weighted by Crippen LogP contribution is 2.10. The maximum absolute atomic E-state index is 13.8. The molecule has 0 spiro atoms. The molecule has 0 heterocycles. The second-order valence-electron chi connectivity index (χ2n) is 6.34. The summed E-state index contributed by atoms with van der Waals surface area (Å²) >= 11 is 0. The van der Waals surface area contributed by atoms with Gasteiger partial charge in [-0.15, -0.1) is 0 Å². The smallest absolute Gasteiger partial charge is 0.243 e. The van der Waals surface area contributed by atoms with Crippen LogP contribution in [0.2, 0.25) is 0 Å². The fourth-order valence-corrected chi connectivity index (χ4v) is 2.69. The fourth-order valence-electron chi connectivity index (χ4n) is 2.69. The first kappa shape index (κ1) is 21.0. The molecular formula is C20H21F2N3O3. The molecule has 148 valence electrons. The Bertz CT molecular complexity index is 856. The Labute approximate surface area is 161 Å². The van der Waals surface area contributed by atoms with Crippen LogP contribution in [-0.4, -0.2) is 29.8 Å². The van der Waals surface area contributed by atoms with Crippen molar-refractivity contribution in [2.75, 3.05) is 0 Å². The first-order valence-corrected chi connectivity index (χ1v) is 8.61. The first-order chi connectivity index (χ1) is 13.3. The van der Waals surface area contributed by atoms with Crippen molar-refractivity contribution in [3.63, 3.8) is 0 Å². The number of carbonyl (C=O) groups excluding carboxylic acids is 3. The van der Waals surface area contributed by atoms with Gasteiger partial charge in [-0.05, 0) is 29.3 Å². The van der Waals surface area contributed by atoms with Gasteiger partial charge in [-0.25, -0.2) is 8.78 Å². The number of amides is 3. The summed E-state index contributed by atoms with van der Waals surface area (Å²) in [6.07, 6.45) is -0.0477. The van der Waals surface area contributed by atoms with E-state index in [1.165, 1.54) is 49.4 Å². The number of hydrogen-bond donors (Lipinski definition) is 3. The van der Waals surface area contributed by atoms with Crippen LogP contribution in [0.5, 0.6) is 0 Å². The largest absolute Gasteiger partial charge is 0.368 e.